The Morgan fingerprint density at radius 1 is 1.32 bits per heavy atom. The average Bonchev–Trinajstić information content (AvgIpc) is 2.47. The Kier molecular flexibility index (Phi) is 5.26. The summed E-state index contributed by atoms with van der Waals surface area (Å²) < 4.78 is 45.2. The summed E-state index contributed by atoms with van der Waals surface area (Å²) in [5.41, 5.74) is 7.29. The van der Waals surface area contributed by atoms with E-state index in [1.165, 1.54) is 24.3 Å². The third-order valence-corrected chi connectivity index (χ3v) is 2.80. The lowest BCUT2D eigenvalue weighted by Gasteiger charge is -2.12. The predicted octanol–water partition coefficient (Wildman–Crippen LogP) is 2.66. The maximum absolute atomic E-state index is 12.0. The number of anilines is 1. The number of aliphatic imine (C=N–C) groups is 1. The van der Waals surface area contributed by atoms with E-state index in [2.05, 4.69) is 21.1 Å². The highest BCUT2D eigenvalue weighted by atomic mass is 19.4. The van der Waals surface area contributed by atoms with Crippen LogP contribution in [-0.2, 0) is 4.74 Å². The van der Waals surface area contributed by atoms with E-state index < -0.39 is 6.36 Å². The fraction of sp³-hybridized carbons (Fsp3) is 0.357. The first kappa shape index (κ1) is 16.2. The number of alkyl halides is 3. The van der Waals surface area contributed by atoms with Crippen LogP contribution in [0.4, 0.5) is 18.9 Å². The molecular weight excluding hydrogens is 299 g/mol. The van der Waals surface area contributed by atoms with Gasteiger partial charge in [-0.15, -0.1) is 13.2 Å². The molecule has 0 saturated heterocycles. The van der Waals surface area contributed by atoms with Gasteiger partial charge in [0.05, 0.1) is 19.8 Å². The zero-order valence-electron chi connectivity index (χ0n) is 11.7. The number of nitrogens with one attached hydrogen (secondary N) is 1. The van der Waals surface area contributed by atoms with Crippen molar-refractivity contribution in [2.45, 2.75) is 12.8 Å². The largest absolute Gasteiger partial charge is 0.573 e. The topological polar surface area (TPSA) is 68.9 Å². The molecule has 1 aliphatic rings. The van der Waals surface area contributed by atoms with Gasteiger partial charge in [0, 0.05) is 5.69 Å². The minimum absolute atomic E-state index is 0.177. The second kappa shape index (κ2) is 7.17. The van der Waals surface area contributed by atoms with Crippen LogP contribution in [-0.4, -0.2) is 32.1 Å². The Balaban J connectivity index is 1.88. The lowest BCUT2D eigenvalue weighted by molar-refractivity contribution is -0.274. The maximum atomic E-state index is 12.0. The summed E-state index contributed by atoms with van der Waals surface area (Å²) in [6.45, 7) is 1.68. The molecule has 3 N–H and O–H groups in total. The molecule has 0 aromatic heterocycles. The summed E-state index contributed by atoms with van der Waals surface area (Å²) in [7, 11) is 0. The molecule has 0 saturated carbocycles. The molecule has 0 bridgehead atoms. The van der Waals surface area contributed by atoms with Crippen molar-refractivity contribution in [2.24, 2.45) is 10.7 Å². The predicted molar refractivity (Wildman–Crippen MR) is 76.8 cm³/mol. The highest BCUT2D eigenvalue weighted by molar-refractivity contribution is 5.92. The van der Waals surface area contributed by atoms with Crippen molar-refractivity contribution in [3.63, 3.8) is 0 Å². The Morgan fingerprint density at radius 2 is 2.05 bits per heavy atom. The van der Waals surface area contributed by atoms with Gasteiger partial charge in [-0.2, -0.15) is 0 Å². The van der Waals surface area contributed by atoms with Crippen molar-refractivity contribution < 1.29 is 22.6 Å². The highest BCUT2D eigenvalue weighted by Gasteiger charge is 2.30. The van der Waals surface area contributed by atoms with Crippen molar-refractivity contribution in [3.05, 3.63) is 35.9 Å². The Bertz CT molecular complexity index is 553. The van der Waals surface area contributed by atoms with E-state index in [9.17, 15) is 13.2 Å². The standard InChI is InChI=1S/C14H16F3N3O2/c15-14(16,17)22-12-5-3-11(4-6-12)20-13(18)19-8-10-2-1-7-21-9-10/h2-6H,1,7-9H2,(H3,18,19,20). The molecule has 2 rings (SSSR count). The Hall–Kier alpha value is -2.22. The van der Waals surface area contributed by atoms with Crippen LogP contribution >= 0.6 is 0 Å². The summed E-state index contributed by atoms with van der Waals surface area (Å²) in [4.78, 5) is 4.15. The fourth-order valence-corrected chi connectivity index (χ4v) is 1.83. The second-order valence-corrected chi connectivity index (χ2v) is 4.60. The van der Waals surface area contributed by atoms with Crippen LogP contribution in [0.15, 0.2) is 40.9 Å². The minimum Gasteiger partial charge on any atom is -0.406 e. The lowest BCUT2D eigenvalue weighted by Crippen LogP contribution is -2.23. The van der Waals surface area contributed by atoms with E-state index in [-0.39, 0.29) is 11.7 Å². The molecule has 0 unspecified atom stereocenters. The van der Waals surface area contributed by atoms with Crippen molar-refractivity contribution in [2.75, 3.05) is 25.1 Å². The molecule has 1 heterocycles. The monoisotopic (exact) mass is 315 g/mol. The first-order chi connectivity index (χ1) is 10.4. The van der Waals surface area contributed by atoms with E-state index in [0.717, 1.165) is 12.0 Å². The number of hydrogen-bond acceptors (Lipinski definition) is 3. The van der Waals surface area contributed by atoms with Crippen LogP contribution in [0.25, 0.3) is 0 Å². The van der Waals surface area contributed by atoms with Gasteiger partial charge < -0.3 is 20.5 Å². The number of rotatable bonds is 4. The molecule has 1 aliphatic heterocycles. The van der Waals surface area contributed by atoms with E-state index >= 15 is 0 Å². The van der Waals surface area contributed by atoms with Gasteiger partial charge in [-0.25, -0.2) is 4.99 Å². The molecule has 8 heteroatoms. The summed E-state index contributed by atoms with van der Waals surface area (Å²) in [5, 5.41) is 2.79. The number of benzene rings is 1. The van der Waals surface area contributed by atoms with E-state index in [0.29, 0.717) is 25.4 Å². The zero-order valence-corrected chi connectivity index (χ0v) is 11.7. The summed E-state index contributed by atoms with van der Waals surface area (Å²) in [5.74, 6) is -0.117. The molecule has 0 fully saturated rings. The molecule has 5 nitrogen and oxygen atoms in total. The van der Waals surface area contributed by atoms with E-state index in [1.807, 2.05) is 0 Å². The third-order valence-electron chi connectivity index (χ3n) is 2.80. The van der Waals surface area contributed by atoms with Crippen molar-refractivity contribution in [1.29, 1.82) is 0 Å². The second-order valence-electron chi connectivity index (χ2n) is 4.60. The van der Waals surface area contributed by atoms with Gasteiger partial charge in [0.1, 0.15) is 5.75 Å². The van der Waals surface area contributed by atoms with Crippen molar-refractivity contribution in [3.8, 4) is 5.75 Å². The van der Waals surface area contributed by atoms with Crippen LogP contribution in [0.3, 0.4) is 0 Å². The molecule has 0 aliphatic carbocycles. The number of ether oxygens (including phenoxy) is 2. The number of hydrogen-bond donors (Lipinski definition) is 2. The van der Waals surface area contributed by atoms with Crippen LogP contribution in [0, 0.1) is 0 Å². The Morgan fingerprint density at radius 3 is 2.64 bits per heavy atom. The molecule has 0 spiro atoms. The molecule has 1 aromatic carbocycles. The normalized spacial score (nSPS) is 16.1. The molecule has 0 amide bonds. The van der Waals surface area contributed by atoms with Gasteiger partial charge in [-0.1, -0.05) is 6.08 Å². The zero-order chi connectivity index (χ0) is 16.0. The molecule has 1 aromatic rings. The molecule has 22 heavy (non-hydrogen) atoms. The van der Waals surface area contributed by atoms with Gasteiger partial charge in [-0.05, 0) is 36.3 Å². The smallest absolute Gasteiger partial charge is 0.406 e. The van der Waals surface area contributed by atoms with Gasteiger partial charge in [0.15, 0.2) is 5.96 Å². The van der Waals surface area contributed by atoms with Crippen molar-refractivity contribution in [1.82, 2.24) is 0 Å². The molecule has 0 radical (unpaired) electrons. The minimum atomic E-state index is -4.70. The Labute approximate surface area is 125 Å². The first-order valence-corrected chi connectivity index (χ1v) is 6.61. The summed E-state index contributed by atoms with van der Waals surface area (Å²) in [6.07, 6.45) is -1.78. The summed E-state index contributed by atoms with van der Waals surface area (Å²) >= 11 is 0. The van der Waals surface area contributed by atoms with Crippen LogP contribution in [0.2, 0.25) is 0 Å². The summed E-state index contributed by atoms with van der Waals surface area (Å²) in [6, 6.07) is 5.24. The highest BCUT2D eigenvalue weighted by Crippen LogP contribution is 2.23. The van der Waals surface area contributed by atoms with E-state index in [4.69, 9.17) is 10.5 Å². The average molecular weight is 315 g/mol. The number of nitrogens with two attached hydrogens (primary N) is 1. The fourth-order valence-electron chi connectivity index (χ4n) is 1.83. The third kappa shape index (κ3) is 5.65. The van der Waals surface area contributed by atoms with E-state index in [1.54, 1.807) is 0 Å². The van der Waals surface area contributed by atoms with Crippen molar-refractivity contribution >= 4 is 11.6 Å². The van der Waals surface area contributed by atoms with Crippen LogP contribution in [0.1, 0.15) is 6.42 Å². The van der Waals surface area contributed by atoms with Gasteiger partial charge in [-0.3, -0.25) is 0 Å². The lowest BCUT2D eigenvalue weighted by atomic mass is 10.2. The quantitative estimate of drug-likeness (QED) is 0.509. The maximum Gasteiger partial charge on any atom is 0.573 e. The number of nitrogens with zero attached hydrogens (tertiary/aromatic N) is 1. The SMILES string of the molecule is NC(=NCC1=CCCOC1)Nc1ccc(OC(F)(F)F)cc1. The van der Waals surface area contributed by atoms with Gasteiger partial charge in [0.2, 0.25) is 0 Å². The van der Waals surface area contributed by atoms with Crippen LogP contribution < -0.4 is 15.8 Å². The number of guanidine groups is 1. The first-order valence-electron chi connectivity index (χ1n) is 6.61. The van der Waals surface area contributed by atoms with Gasteiger partial charge >= 0.3 is 6.36 Å². The number of halogens is 3. The van der Waals surface area contributed by atoms with Gasteiger partial charge in [0.25, 0.3) is 0 Å². The molecular formula is C14H16F3N3O2. The molecule has 120 valence electrons. The van der Waals surface area contributed by atoms with Crippen LogP contribution in [0.5, 0.6) is 5.75 Å². The molecule has 0 atom stereocenters.